The molecule has 0 bridgehead atoms. The maximum atomic E-state index is 11.5. The van der Waals surface area contributed by atoms with Crippen LogP contribution in [0.2, 0.25) is 0 Å². The largest absolute Gasteiger partial charge is 0.480 e. The highest BCUT2D eigenvalue weighted by Crippen LogP contribution is 2.01. The van der Waals surface area contributed by atoms with Crippen molar-refractivity contribution >= 4 is 17.9 Å². The van der Waals surface area contributed by atoms with Gasteiger partial charge in [0.15, 0.2) is 0 Å². The third-order valence-electron chi connectivity index (χ3n) is 2.18. The highest BCUT2D eigenvalue weighted by atomic mass is 16.4. The molecular formula is C10H19N3O4. The Morgan fingerprint density at radius 2 is 2.00 bits per heavy atom. The molecule has 7 heteroatoms. The molecule has 0 fully saturated rings. The minimum Gasteiger partial charge on any atom is -0.480 e. The first-order chi connectivity index (χ1) is 7.88. The van der Waals surface area contributed by atoms with Gasteiger partial charge in [-0.15, -0.1) is 0 Å². The van der Waals surface area contributed by atoms with Gasteiger partial charge in [0.1, 0.15) is 12.6 Å². The molecule has 0 heterocycles. The quantitative estimate of drug-likeness (QED) is 0.574. The van der Waals surface area contributed by atoms with Gasteiger partial charge in [0, 0.05) is 7.05 Å². The van der Waals surface area contributed by atoms with Crippen LogP contribution in [0.5, 0.6) is 0 Å². The topological polar surface area (TPSA) is 113 Å². The summed E-state index contributed by atoms with van der Waals surface area (Å²) in [6.45, 7) is 1.69. The lowest BCUT2D eigenvalue weighted by Gasteiger charge is -2.20. The van der Waals surface area contributed by atoms with Gasteiger partial charge in [-0.3, -0.25) is 4.79 Å². The number of primary amides is 1. The number of carbonyl (C=O) groups is 3. The number of rotatable bonds is 7. The predicted molar refractivity (Wildman–Crippen MR) is 61.3 cm³/mol. The minimum atomic E-state index is -1.08. The molecule has 0 aliphatic rings. The van der Waals surface area contributed by atoms with Crippen molar-refractivity contribution in [2.24, 2.45) is 5.73 Å². The van der Waals surface area contributed by atoms with E-state index in [0.29, 0.717) is 12.8 Å². The third-order valence-corrected chi connectivity index (χ3v) is 2.18. The minimum absolute atomic E-state index is 0.244. The zero-order valence-corrected chi connectivity index (χ0v) is 10.1. The summed E-state index contributed by atoms with van der Waals surface area (Å²) in [5.41, 5.74) is 4.93. The van der Waals surface area contributed by atoms with Crippen molar-refractivity contribution in [2.45, 2.75) is 32.2 Å². The molecule has 0 aromatic carbocycles. The summed E-state index contributed by atoms with van der Waals surface area (Å²) in [4.78, 5) is 34.0. The monoisotopic (exact) mass is 245 g/mol. The molecule has 0 saturated carbocycles. The molecule has 0 unspecified atom stereocenters. The van der Waals surface area contributed by atoms with Crippen LogP contribution in [0, 0.1) is 0 Å². The van der Waals surface area contributed by atoms with Crippen LogP contribution in [0.1, 0.15) is 26.2 Å². The van der Waals surface area contributed by atoms with Gasteiger partial charge in [0.05, 0.1) is 0 Å². The number of unbranched alkanes of at least 4 members (excludes halogenated alkanes) is 1. The van der Waals surface area contributed by atoms with Gasteiger partial charge < -0.3 is 21.1 Å². The summed E-state index contributed by atoms with van der Waals surface area (Å²) in [6.07, 6.45) is 1.91. The lowest BCUT2D eigenvalue weighted by molar-refractivity contribution is -0.139. The highest BCUT2D eigenvalue weighted by molar-refractivity contribution is 5.85. The van der Waals surface area contributed by atoms with Crippen molar-refractivity contribution < 1.29 is 19.5 Å². The predicted octanol–water partition coefficient (Wildman–Crippen LogP) is -0.243. The van der Waals surface area contributed by atoms with Crippen LogP contribution >= 0.6 is 0 Å². The first kappa shape index (κ1) is 15.2. The van der Waals surface area contributed by atoms with Gasteiger partial charge in [0.25, 0.3) is 0 Å². The molecule has 0 aliphatic heterocycles. The van der Waals surface area contributed by atoms with E-state index < -0.39 is 23.9 Å². The molecule has 0 aliphatic carbocycles. The second-order valence-electron chi connectivity index (χ2n) is 3.80. The van der Waals surface area contributed by atoms with Crippen molar-refractivity contribution in [3.63, 3.8) is 0 Å². The van der Waals surface area contributed by atoms with Crippen LogP contribution in [0.4, 0.5) is 4.79 Å². The number of carboxylic acid groups (broad SMARTS) is 1. The summed E-state index contributed by atoms with van der Waals surface area (Å²) < 4.78 is 0. The number of aliphatic carboxylic acids is 1. The number of carbonyl (C=O) groups excluding carboxylic acids is 2. The first-order valence-electron chi connectivity index (χ1n) is 5.41. The molecule has 0 spiro atoms. The van der Waals surface area contributed by atoms with Gasteiger partial charge in [-0.1, -0.05) is 19.8 Å². The summed E-state index contributed by atoms with van der Waals surface area (Å²) in [7, 11) is 1.37. The molecule has 0 aromatic rings. The average Bonchev–Trinajstić information content (AvgIpc) is 2.22. The van der Waals surface area contributed by atoms with Crippen LogP contribution in [0.3, 0.4) is 0 Å². The second-order valence-corrected chi connectivity index (χ2v) is 3.80. The Balaban J connectivity index is 4.29. The molecule has 3 amide bonds. The summed E-state index contributed by atoms with van der Waals surface area (Å²) in [5, 5.41) is 11.2. The zero-order chi connectivity index (χ0) is 13.4. The Kier molecular flexibility index (Phi) is 6.69. The van der Waals surface area contributed by atoms with E-state index in [0.717, 1.165) is 11.3 Å². The fourth-order valence-electron chi connectivity index (χ4n) is 1.23. The molecule has 4 N–H and O–H groups in total. The van der Waals surface area contributed by atoms with Crippen molar-refractivity contribution in [1.82, 2.24) is 10.2 Å². The average molecular weight is 245 g/mol. The zero-order valence-electron chi connectivity index (χ0n) is 10.1. The standard InChI is InChI=1S/C10H19N3O4/c1-3-4-5-7(9(15)16)12-10(17)13(2)6-8(11)14/h7H,3-6H2,1-2H3,(H2,11,14)(H,12,17)(H,15,16)/t7-/m0/s1. The maximum Gasteiger partial charge on any atom is 0.326 e. The SMILES string of the molecule is CCCC[C@H](NC(=O)N(C)CC(N)=O)C(=O)O. The molecule has 0 rings (SSSR count). The Morgan fingerprint density at radius 3 is 2.41 bits per heavy atom. The van der Waals surface area contributed by atoms with Gasteiger partial charge in [0.2, 0.25) is 5.91 Å². The Hall–Kier alpha value is -1.79. The van der Waals surface area contributed by atoms with Crippen molar-refractivity contribution in [3.05, 3.63) is 0 Å². The number of amides is 3. The number of nitrogens with two attached hydrogens (primary N) is 1. The summed E-state index contributed by atoms with van der Waals surface area (Å²) in [5.74, 6) is -1.73. The highest BCUT2D eigenvalue weighted by Gasteiger charge is 2.21. The fourth-order valence-corrected chi connectivity index (χ4v) is 1.23. The molecule has 17 heavy (non-hydrogen) atoms. The maximum absolute atomic E-state index is 11.5. The smallest absolute Gasteiger partial charge is 0.326 e. The molecule has 0 aromatic heterocycles. The summed E-state index contributed by atoms with van der Waals surface area (Å²) in [6, 6.07) is -1.55. The molecule has 7 nitrogen and oxygen atoms in total. The van der Waals surface area contributed by atoms with E-state index in [1.807, 2.05) is 6.92 Å². The summed E-state index contributed by atoms with van der Waals surface area (Å²) >= 11 is 0. The lowest BCUT2D eigenvalue weighted by atomic mass is 10.1. The van der Waals surface area contributed by atoms with E-state index in [-0.39, 0.29) is 6.54 Å². The number of nitrogens with one attached hydrogen (secondary N) is 1. The van der Waals surface area contributed by atoms with Gasteiger partial charge in [-0.2, -0.15) is 0 Å². The van der Waals surface area contributed by atoms with E-state index in [1.54, 1.807) is 0 Å². The molecule has 98 valence electrons. The molecule has 0 saturated heterocycles. The van der Waals surface area contributed by atoms with Crippen LogP contribution < -0.4 is 11.1 Å². The van der Waals surface area contributed by atoms with Crippen molar-refractivity contribution in [2.75, 3.05) is 13.6 Å². The number of hydrogen-bond donors (Lipinski definition) is 3. The Morgan fingerprint density at radius 1 is 1.41 bits per heavy atom. The normalized spacial score (nSPS) is 11.6. The molecule has 0 radical (unpaired) electrons. The van der Waals surface area contributed by atoms with E-state index in [1.165, 1.54) is 7.05 Å². The number of nitrogens with zero attached hydrogens (tertiary/aromatic N) is 1. The molecular weight excluding hydrogens is 226 g/mol. The first-order valence-corrected chi connectivity index (χ1v) is 5.41. The van der Waals surface area contributed by atoms with E-state index in [2.05, 4.69) is 5.32 Å². The van der Waals surface area contributed by atoms with E-state index >= 15 is 0 Å². The lowest BCUT2D eigenvalue weighted by Crippen LogP contribution is -2.48. The molecule has 1 atom stereocenters. The van der Waals surface area contributed by atoms with Crippen LogP contribution in [0.25, 0.3) is 0 Å². The van der Waals surface area contributed by atoms with E-state index in [9.17, 15) is 14.4 Å². The number of urea groups is 1. The van der Waals surface area contributed by atoms with Crippen molar-refractivity contribution in [1.29, 1.82) is 0 Å². The van der Waals surface area contributed by atoms with Gasteiger partial charge in [-0.25, -0.2) is 9.59 Å². The van der Waals surface area contributed by atoms with E-state index in [4.69, 9.17) is 10.8 Å². The Bertz CT molecular complexity index is 293. The number of likely N-dealkylation sites (N-methyl/N-ethyl adjacent to an activating group) is 1. The van der Waals surface area contributed by atoms with Gasteiger partial charge in [-0.05, 0) is 6.42 Å². The fraction of sp³-hybridized carbons (Fsp3) is 0.700. The van der Waals surface area contributed by atoms with Crippen LogP contribution in [-0.2, 0) is 9.59 Å². The Labute approximate surface area is 100.0 Å². The number of hydrogen-bond acceptors (Lipinski definition) is 3. The van der Waals surface area contributed by atoms with Crippen molar-refractivity contribution in [3.8, 4) is 0 Å². The van der Waals surface area contributed by atoms with Gasteiger partial charge >= 0.3 is 12.0 Å². The van der Waals surface area contributed by atoms with Crippen LogP contribution in [0.15, 0.2) is 0 Å². The number of carboxylic acids is 1. The second kappa shape index (κ2) is 7.48. The van der Waals surface area contributed by atoms with Crippen LogP contribution in [-0.4, -0.2) is 47.5 Å². The third kappa shape index (κ3) is 6.39.